The van der Waals surface area contributed by atoms with E-state index in [9.17, 15) is 9.59 Å². The normalized spacial score (nSPS) is 12.7. The average Bonchev–Trinajstić information content (AvgIpc) is 3.10. The Morgan fingerprint density at radius 2 is 1.71 bits per heavy atom. The molecule has 3 rings (SSSR count). The first-order valence-electron chi connectivity index (χ1n) is 10.2. The number of fused-ring (bicyclic) bond motifs is 1. The Labute approximate surface area is 182 Å². The fourth-order valence-corrected chi connectivity index (χ4v) is 3.54. The molecule has 1 aliphatic heterocycles. The number of carbonyl (C=O) groups is 2. The van der Waals surface area contributed by atoms with E-state index in [4.69, 9.17) is 18.9 Å². The highest BCUT2D eigenvalue weighted by atomic mass is 16.6. The highest BCUT2D eigenvalue weighted by Gasteiger charge is 2.25. The van der Waals surface area contributed by atoms with E-state index in [0.29, 0.717) is 35.8 Å². The van der Waals surface area contributed by atoms with E-state index in [1.807, 2.05) is 39.0 Å². The molecule has 7 heteroatoms. The van der Waals surface area contributed by atoms with Crippen molar-refractivity contribution in [3.05, 3.63) is 41.5 Å². The van der Waals surface area contributed by atoms with Gasteiger partial charge in [0.15, 0.2) is 11.5 Å². The molecule has 0 saturated carbocycles. The van der Waals surface area contributed by atoms with E-state index in [2.05, 4.69) is 5.32 Å². The minimum Gasteiger partial charge on any atom is -0.493 e. The summed E-state index contributed by atoms with van der Waals surface area (Å²) in [5.74, 6) is 1.08. The first kappa shape index (κ1) is 22.5. The summed E-state index contributed by atoms with van der Waals surface area (Å²) in [7, 11) is 3.09. The van der Waals surface area contributed by atoms with Crippen LogP contribution in [0.5, 0.6) is 17.2 Å². The molecule has 1 amide bonds. The number of methoxy groups -OCH3 is 2. The fraction of sp³-hybridized carbons (Fsp3) is 0.417. The number of hydrogen-bond donors (Lipinski definition) is 1. The van der Waals surface area contributed by atoms with Gasteiger partial charge in [0, 0.05) is 17.7 Å². The smallest absolute Gasteiger partial charge is 0.306 e. The van der Waals surface area contributed by atoms with Crippen LogP contribution in [0, 0.1) is 5.41 Å². The summed E-state index contributed by atoms with van der Waals surface area (Å²) in [6.45, 7) is 6.66. The molecule has 2 aromatic carbocycles. The van der Waals surface area contributed by atoms with Crippen molar-refractivity contribution in [2.45, 2.75) is 33.7 Å². The van der Waals surface area contributed by atoms with Crippen molar-refractivity contribution in [3.63, 3.8) is 0 Å². The van der Waals surface area contributed by atoms with Gasteiger partial charge >= 0.3 is 5.97 Å². The van der Waals surface area contributed by atoms with E-state index < -0.39 is 0 Å². The summed E-state index contributed by atoms with van der Waals surface area (Å²) in [5.41, 5.74) is 3.05. The van der Waals surface area contributed by atoms with Crippen LogP contribution in [0.1, 0.15) is 43.1 Å². The Morgan fingerprint density at radius 3 is 2.39 bits per heavy atom. The number of carbonyl (C=O) groups excluding carboxylic acids is 2. The van der Waals surface area contributed by atoms with Crippen LogP contribution in [0.4, 0.5) is 0 Å². The van der Waals surface area contributed by atoms with E-state index in [1.54, 1.807) is 26.4 Å². The fourth-order valence-electron chi connectivity index (χ4n) is 3.54. The van der Waals surface area contributed by atoms with Crippen LogP contribution in [0.15, 0.2) is 30.3 Å². The van der Waals surface area contributed by atoms with Crippen LogP contribution in [0.2, 0.25) is 0 Å². The topological polar surface area (TPSA) is 83.1 Å². The zero-order valence-corrected chi connectivity index (χ0v) is 18.7. The van der Waals surface area contributed by atoms with Gasteiger partial charge in [-0.25, -0.2) is 0 Å². The van der Waals surface area contributed by atoms with Gasteiger partial charge < -0.3 is 24.3 Å². The number of nitrogens with one attached hydrogen (secondary N) is 1. The molecular weight excluding hydrogens is 398 g/mol. The lowest BCUT2D eigenvalue weighted by molar-refractivity contribution is -0.146. The Morgan fingerprint density at radius 1 is 0.968 bits per heavy atom. The largest absolute Gasteiger partial charge is 0.493 e. The standard InChI is InChI=1S/C24H29NO6/c1-24(2,3)13-20(26)30-11-12-31-21-16(9-10-19(28-4)22(21)29-5)15-7-6-8-17-18(15)14-25-23(17)27/h6-10H,11-14H2,1-5H3,(H,25,27). The van der Waals surface area contributed by atoms with Crippen LogP contribution < -0.4 is 19.5 Å². The van der Waals surface area contributed by atoms with Gasteiger partial charge in [-0.1, -0.05) is 32.9 Å². The molecule has 0 bridgehead atoms. The Balaban J connectivity index is 1.87. The molecule has 0 aromatic heterocycles. The minimum atomic E-state index is -0.264. The number of ether oxygens (including phenoxy) is 4. The number of benzene rings is 2. The molecule has 0 atom stereocenters. The molecule has 7 nitrogen and oxygen atoms in total. The van der Waals surface area contributed by atoms with Crippen molar-refractivity contribution >= 4 is 11.9 Å². The van der Waals surface area contributed by atoms with Gasteiger partial charge in [-0.15, -0.1) is 0 Å². The lowest BCUT2D eigenvalue weighted by atomic mass is 9.93. The lowest BCUT2D eigenvalue weighted by Crippen LogP contribution is -2.18. The number of hydrogen-bond acceptors (Lipinski definition) is 6. The first-order valence-corrected chi connectivity index (χ1v) is 10.2. The van der Waals surface area contributed by atoms with Crippen LogP contribution in [0.3, 0.4) is 0 Å². The highest BCUT2D eigenvalue weighted by Crippen LogP contribution is 2.46. The van der Waals surface area contributed by atoms with Gasteiger partial charge in [0.05, 0.1) is 20.6 Å². The zero-order chi connectivity index (χ0) is 22.6. The monoisotopic (exact) mass is 427 g/mol. The summed E-state index contributed by atoms with van der Waals surface area (Å²) < 4.78 is 22.3. The van der Waals surface area contributed by atoms with Crippen molar-refractivity contribution < 1.29 is 28.5 Å². The predicted octanol–water partition coefficient (Wildman–Crippen LogP) is 3.97. The molecule has 1 aliphatic rings. The van der Waals surface area contributed by atoms with Crippen molar-refractivity contribution in [1.29, 1.82) is 0 Å². The molecule has 0 spiro atoms. The van der Waals surface area contributed by atoms with Crippen LogP contribution in [-0.2, 0) is 16.1 Å². The molecule has 166 valence electrons. The summed E-state index contributed by atoms with van der Waals surface area (Å²) >= 11 is 0. The maximum atomic E-state index is 12.1. The van der Waals surface area contributed by atoms with Crippen molar-refractivity contribution in [1.82, 2.24) is 5.32 Å². The van der Waals surface area contributed by atoms with E-state index in [-0.39, 0.29) is 30.5 Å². The SMILES string of the molecule is COc1ccc(-c2cccc3c2CNC3=O)c(OCCOC(=O)CC(C)(C)C)c1OC. The third-order valence-corrected chi connectivity index (χ3v) is 4.90. The van der Waals surface area contributed by atoms with Gasteiger partial charge in [0.1, 0.15) is 13.2 Å². The maximum absolute atomic E-state index is 12.1. The molecule has 1 heterocycles. The average molecular weight is 427 g/mol. The molecule has 2 aromatic rings. The number of esters is 1. The maximum Gasteiger partial charge on any atom is 0.306 e. The van der Waals surface area contributed by atoms with E-state index >= 15 is 0 Å². The van der Waals surface area contributed by atoms with Gasteiger partial charge in [-0.2, -0.15) is 0 Å². The van der Waals surface area contributed by atoms with Crippen LogP contribution in [-0.4, -0.2) is 39.3 Å². The number of rotatable bonds is 8. The van der Waals surface area contributed by atoms with E-state index in [1.165, 1.54) is 0 Å². The first-order chi connectivity index (χ1) is 14.7. The van der Waals surface area contributed by atoms with E-state index in [0.717, 1.165) is 16.7 Å². The quantitative estimate of drug-likeness (QED) is 0.507. The molecule has 0 saturated heterocycles. The van der Waals surface area contributed by atoms with Gasteiger partial charge in [-0.3, -0.25) is 9.59 Å². The highest BCUT2D eigenvalue weighted by molar-refractivity contribution is 6.01. The molecular formula is C24H29NO6. The van der Waals surface area contributed by atoms with Gasteiger partial charge in [0.25, 0.3) is 5.91 Å². The summed E-state index contributed by atoms with van der Waals surface area (Å²) in [5, 5.41) is 2.86. The molecule has 0 fully saturated rings. The molecule has 31 heavy (non-hydrogen) atoms. The Hall–Kier alpha value is -3.22. The second kappa shape index (κ2) is 9.29. The molecule has 1 N–H and O–H groups in total. The second-order valence-corrected chi connectivity index (χ2v) is 8.50. The van der Waals surface area contributed by atoms with Crippen LogP contribution in [0.25, 0.3) is 11.1 Å². The van der Waals surface area contributed by atoms with Gasteiger partial charge in [0.2, 0.25) is 5.75 Å². The zero-order valence-electron chi connectivity index (χ0n) is 18.7. The minimum absolute atomic E-state index is 0.0921. The number of amides is 1. The molecule has 0 radical (unpaired) electrons. The third-order valence-electron chi connectivity index (χ3n) is 4.90. The lowest BCUT2D eigenvalue weighted by Gasteiger charge is -2.19. The molecule has 0 aliphatic carbocycles. The Kier molecular flexibility index (Phi) is 6.73. The van der Waals surface area contributed by atoms with Crippen molar-refractivity contribution in [2.24, 2.45) is 5.41 Å². The van der Waals surface area contributed by atoms with Crippen molar-refractivity contribution in [2.75, 3.05) is 27.4 Å². The van der Waals surface area contributed by atoms with Crippen molar-refractivity contribution in [3.8, 4) is 28.4 Å². The summed E-state index contributed by atoms with van der Waals surface area (Å²) in [6, 6.07) is 9.26. The predicted molar refractivity (Wildman–Crippen MR) is 117 cm³/mol. The Bertz CT molecular complexity index is 977. The van der Waals surface area contributed by atoms with Gasteiger partial charge in [-0.05, 0) is 34.7 Å². The summed E-state index contributed by atoms with van der Waals surface area (Å²) in [6.07, 6.45) is 0.331. The summed E-state index contributed by atoms with van der Waals surface area (Å²) in [4.78, 5) is 24.1. The second-order valence-electron chi connectivity index (χ2n) is 8.50. The van der Waals surface area contributed by atoms with Crippen LogP contribution >= 0.6 is 0 Å². The molecule has 0 unspecified atom stereocenters. The third kappa shape index (κ3) is 5.10.